The van der Waals surface area contributed by atoms with Crippen LogP contribution in [0.15, 0.2) is 47.8 Å². The molecule has 94 valence electrons. The number of carbonyl (C=O) groups is 1. The van der Waals surface area contributed by atoms with E-state index in [2.05, 4.69) is 15.3 Å². The van der Waals surface area contributed by atoms with Gasteiger partial charge < -0.3 is 10.3 Å². The summed E-state index contributed by atoms with van der Waals surface area (Å²) in [5.74, 6) is 0.510. The van der Waals surface area contributed by atoms with Gasteiger partial charge in [-0.3, -0.25) is 4.79 Å². The highest BCUT2D eigenvalue weighted by Gasteiger charge is 2.02. The Morgan fingerprint density at radius 1 is 1.33 bits per heavy atom. The number of hydrogen-bond acceptors (Lipinski definition) is 3. The Morgan fingerprint density at radius 3 is 2.89 bits per heavy atom. The fourth-order valence-electron chi connectivity index (χ4n) is 1.47. The summed E-state index contributed by atoms with van der Waals surface area (Å²) in [4.78, 5) is 19.6. The summed E-state index contributed by atoms with van der Waals surface area (Å²) in [7, 11) is 0. The molecule has 0 fully saturated rings. The monoisotopic (exact) mass is 261 g/mol. The third kappa shape index (κ3) is 4.25. The van der Waals surface area contributed by atoms with Crippen molar-refractivity contribution in [3.63, 3.8) is 0 Å². The van der Waals surface area contributed by atoms with E-state index in [0.717, 1.165) is 17.0 Å². The molecule has 1 amide bonds. The van der Waals surface area contributed by atoms with Gasteiger partial charge in [0.2, 0.25) is 5.91 Å². The van der Waals surface area contributed by atoms with Crippen LogP contribution in [0.5, 0.6) is 0 Å². The first-order chi connectivity index (χ1) is 8.84. The maximum absolute atomic E-state index is 11.6. The van der Waals surface area contributed by atoms with E-state index in [-0.39, 0.29) is 5.91 Å². The van der Waals surface area contributed by atoms with Crippen molar-refractivity contribution < 1.29 is 4.79 Å². The Balaban J connectivity index is 1.63. The molecule has 0 unspecified atom stereocenters. The molecule has 0 radical (unpaired) electrons. The molecule has 2 N–H and O–H groups in total. The topological polar surface area (TPSA) is 57.8 Å². The molecule has 18 heavy (non-hydrogen) atoms. The Bertz CT molecular complexity index is 470. The zero-order valence-electron chi connectivity index (χ0n) is 9.93. The van der Waals surface area contributed by atoms with Crippen LogP contribution in [0.2, 0.25) is 0 Å². The molecule has 0 aliphatic carbocycles. The Morgan fingerprint density at radius 2 is 2.17 bits per heavy atom. The molecule has 0 bridgehead atoms. The van der Waals surface area contributed by atoms with Crippen LogP contribution in [-0.4, -0.2) is 28.2 Å². The average Bonchev–Trinajstić information content (AvgIpc) is 2.91. The second kappa shape index (κ2) is 6.86. The van der Waals surface area contributed by atoms with Gasteiger partial charge >= 0.3 is 0 Å². The molecule has 2 aromatic rings. The molecule has 1 heterocycles. The SMILES string of the molecule is O=C(CSc1ccccc1)NCCc1cnc[nH]1. The van der Waals surface area contributed by atoms with Gasteiger partial charge in [-0.1, -0.05) is 18.2 Å². The minimum absolute atomic E-state index is 0.0587. The average molecular weight is 261 g/mol. The summed E-state index contributed by atoms with van der Waals surface area (Å²) in [6.45, 7) is 0.635. The molecule has 5 heteroatoms. The van der Waals surface area contributed by atoms with Crippen LogP contribution < -0.4 is 5.32 Å². The van der Waals surface area contributed by atoms with E-state index < -0.39 is 0 Å². The lowest BCUT2D eigenvalue weighted by molar-refractivity contribution is -0.118. The summed E-state index contributed by atoms with van der Waals surface area (Å²) >= 11 is 1.54. The smallest absolute Gasteiger partial charge is 0.230 e. The van der Waals surface area contributed by atoms with E-state index in [0.29, 0.717) is 12.3 Å². The van der Waals surface area contributed by atoms with Crippen LogP contribution >= 0.6 is 11.8 Å². The Kier molecular flexibility index (Phi) is 4.84. The zero-order chi connectivity index (χ0) is 12.6. The van der Waals surface area contributed by atoms with Crippen molar-refractivity contribution >= 4 is 17.7 Å². The summed E-state index contributed by atoms with van der Waals surface area (Å²) in [5.41, 5.74) is 1.03. The highest BCUT2D eigenvalue weighted by atomic mass is 32.2. The molecule has 1 aromatic carbocycles. The highest BCUT2D eigenvalue weighted by molar-refractivity contribution is 8.00. The molecule has 0 aliphatic rings. The molecule has 0 saturated carbocycles. The fourth-order valence-corrected chi connectivity index (χ4v) is 2.22. The molecule has 4 nitrogen and oxygen atoms in total. The van der Waals surface area contributed by atoms with Crippen LogP contribution in [0.3, 0.4) is 0 Å². The maximum Gasteiger partial charge on any atom is 0.230 e. The van der Waals surface area contributed by atoms with Crippen LogP contribution in [0, 0.1) is 0 Å². The van der Waals surface area contributed by atoms with E-state index >= 15 is 0 Å². The van der Waals surface area contributed by atoms with Gasteiger partial charge in [0.25, 0.3) is 0 Å². The van der Waals surface area contributed by atoms with Gasteiger partial charge in [-0.05, 0) is 12.1 Å². The first kappa shape index (κ1) is 12.7. The second-order valence-corrected chi connectivity index (χ2v) is 4.83. The summed E-state index contributed by atoms with van der Waals surface area (Å²) in [6.07, 6.45) is 4.19. The molecule has 1 aromatic heterocycles. The number of aromatic amines is 1. The van der Waals surface area contributed by atoms with Crippen molar-refractivity contribution in [3.8, 4) is 0 Å². The van der Waals surface area contributed by atoms with Gasteiger partial charge in [-0.25, -0.2) is 4.98 Å². The largest absolute Gasteiger partial charge is 0.355 e. The number of imidazole rings is 1. The van der Waals surface area contributed by atoms with Crippen molar-refractivity contribution in [2.75, 3.05) is 12.3 Å². The van der Waals surface area contributed by atoms with Gasteiger partial charge in [0.05, 0.1) is 12.1 Å². The van der Waals surface area contributed by atoms with Crippen LogP contribution in [0.25, 0.3) is 0 Å². The van der Waals surface area contributed by atoms with Crippen molar-refractivity contribution in [3.05, 3.63) is 48.5 Å². The van der Waals surface area contributed by atoms with Gasteiger partial charge in [0.15, 0.2) is 0 Å². The van der Waals surface area contributed by atoms with Gasteiger partial charge in [0.1, 0.15) is 0 Å². The van der Waals surface area contributed by atoms with E-state index in [1.807, 2.05) is 30.3 Å². The predicted octanol–water partition coefficient (Wildman–Crippen LogP) is 1.86. The number of benzene rings is 1. The molecule has 0 aliphatic heterocycles. The standard InChI is InChI=1S/C13H15N3OS/c17-13(9-18-12-4-2-1-3-5-12)15-7-6-11-8-14-10-16-11/h1-5,8,10H,6-7,9H2,(H,14,16)(H,15,17). The molecule has 0 atom stereocenters. The normalized spacial score (nSPS) is 10.2. The highest BCUT2D eigenvalue weighted by Crippen LogP contribution is 2.16. The number of thioether (sulfide) groups is 1. The van der Waals surface area contributed by atoms with Gasteiger partial charge in [0, 0.05) is 29.8 Å². The van der Waals surface area contributed by atoms with Crippen LogP contribution in [0.4, 0.5) is 0 Å². The van der Waals surface area contributed by atoms with Crippen molar-refractivity contribution in [1.82, 2.24) is 15.3 Å². The second-order valence-electron chi connectivity index (χ2n) is 3.78. The number of nitrogens with one attached hydrogen (secondary N) is 2. The van der Waals surface area contributed by atoms with Gasteiger partial charge in [-0.15, -0.1) is 11.8 Å². The first-order valence-corrected chi connectivity index (χ1v) is 6.75. The van der Waals surface area contributed by atoms with E-state index in [9.17, 15) is 4.79 Å². The number of nitrogens with zero attached hydrogens (tertiary/aromatic N) is 1. The van der Waals surface area contributed by atoms with Crippen LogP contribution in [0.1, 0.15) is 5.69 Å². The molecule has 0 spiro atoms. The van der Waals surface area contributed by atoms with Crippen molar-refractivity contribution in [1.29, 1.82) is 0 Å². The number of carbonyl (C=O) groups excluding carboxylic acids is 1. The fraction of sp³-hybridized carbons (Fsp3) is 0.231. The number of rotatable bonds is 6. The number of hydrogen-bond donors (Lipinski definition) is 2. The lowest BCUT2D eigenvalue weighted by atomic mass is 10.3. The van der Waals surface area contributed by atoms with Crippen LogP contribution in [-0.2, 0) is 11.2 Å². The van der Waals surface area contributed by atoms with Crippen molar-refractivity contribution in [2.24, 2.45) is 0 Å². The Labute approximate surface area is 110 Å². The molecular weight excluding hydrogens is 246 g/mol. The zero-order valence-corrected chi connectivity index (χ0v) is 10.7. The molecule has 2 rings (SSSR count). The summed E-state index contributed by atoms with van der Waals surface area (Å²) in [6, 6.07) is 9.91. The van der Waals surface area contributed by atoms with E-state index in [1.165, 1.54) is 0 Å². The minimum atomic E-state index is 0.0587. The molecule has 0 saturated heterocycles. The summed E-state index contributed by atoms with van der Waals surface area (Å²) < 4.78 is 0. The quantitative estimate of drug-likeness (QED) is 0.780. The third-order valence-electron chi connectivity index (χ3n) is 2.38. The van der Waals surface area contributed by atoms with Crippen molar-refractivity contribution in [2.45, 2.75) is 11.3 Å². The lowest BCUT2D eigenvalue weighted by Gasteiger charge is -2.04. The van der Waals surface area contributed by atoms with E-state index in [1.54, 1.807) is 24.3 Å². The third-order valence-corrected chi connectivity index (χ3v) is 3.40. The number of H-pyrrole nitrogens is 1. The molecular formula is C13H15N3OS. The van der Waals surface area contributed by atoms with E-state index in [4.69, 9.17) is 0 Å². The van der Waals surface area contributed by atoms with Gasteiger partial charge in [-0.2, -0.15) is 0 Å². The Hall–Kier alpha value is -1.75. The maximum atomic E-state index is 11.6. The predicted molar refractivity (Wildman–Crippen MR) is 72.5 cm³/mol. The first-order valence-electron chi connectivity index (χ1n) is 5.76. The number of amides is 1. The summed E-state index contributed by atoms with van der Waals surface area (Å²) in [5, 5.41) is 2.88. The minimum Gasteiger partial charge on any atom is -0.355 e. The lowest BCUT2D eigenvalue weighted by Crippen LogP contribution is -2.27. The number of aromatic nitrogens is 2.